The summed E-state index contributed by atoms with van der Waals surface area (Å²) in [5.41, 5.74) is 5.80. The summed E-state index contributed by atoms with van der Waals surface area (Å²) >= 11 is 0. The van der Waals surface area contributed by atoms with E-state index in [0.29, 0.717) is 6.42 Å². The molecule has 1 saturated carbocycles. The van der Waals surface area contributed by atoms with Crippen molar-refractivity contribution < 1.29 is 14.7 Å². The number of amides is 1. The van der Waals surface area contributed by atoms with E-state index in [9.17, 15) is 9.59 Å². The predicted octanol–water partition coefficient (Wildman–Crippen LogP) is 0.483. The Hall–Kier alpha value is -1.10. The molecular formula is C11H20N2O3. The van der Waals surface area contributed by atoms with Crippen LogP contribution in [0.5, 0.6) is 0 Å². The first-order chi connectivity index (χ1) is 7.56. The van der Waals surface area contributed by atoms with Gasteiger partial charge in [0, 0.05) is 6.04 Å². The molecule has 92 valence electrons. The van der Waals surface area contributed by atoms with Crippen LogP contribution in [0, 0.1) is 5.92 Å². The van der Waals surface area contributed by atoms with E-state index in [0.717, 1.165) is 25.7 Å². The molecule has 0 radical (unpaired) electrons. The molecule has 5 nitrogen and oxygen atoms in total. The van der Waals surface area contributed by atoms with Crippen LogP contribution in [0.25, 0.3) is 0 Å². The van der Waals surface area contributed by atoms with Gasteiger partial charge in [0.1, 0.15) is 6.04 Å². The molecular weight excluding hydrogens is 208 g/mol. The Bertz CT molecular complexity index is 268. The van der Waals surface area contributed by atoms with Gasteiger partial charge >= 0.3 is 5.97 Å². The molecule has 0 saturated heterocycles. The Morgan fingerprint density at radius 2 is 2.19 bits per heavy atom. The van der Waals surface area contributed by atoms with Crippen LogP contribution >= 0.6 is 0 Å². The minimum atomic E-state index is -0.971. The van der Waals surface area contributed by atoms with Crippen LogP contribution in [-0.2, 0) is 9.59 Å². The average molecular weight is 228 g/mol. The summed E-state index contributed by atoms with van der Waals surface area (Å²) in [4.78, 5) is 22.7. The molecule has 0 aromatic carbocycles. The lowest BCUT2D eigenvalue weighted by atomic mass is 10.0. The van der Waals surface area contributed by atoms with Crippen LogP contribution in [0.3, 0.4) is 0 Å². The summed E-state index contributed by atoms with van der Waals surface area (Å²) in [6.07, 6.45) is 3.76. The molecule has 0 bridgehead atoms. The predicted molar refractivity (Wildman–Crippen MR) is 59.8 cm³/mol. The molecule has 16 heavy (non-hydrogen) atoms. The van der Waals surface area contributed by atoms with Gasteiger partial charge in [0.2, 0.25) is 5.91 Å². The molecule has 1 fully saturated rings. The highest BCUT2D eigenvalue weighted by molar-refractivity contribution is 5.85. The van der Waals surface area contributed by atoms with Crippen molar-refractivity contribution in [2.45, 2.75) is 51.1 Å². The standard InChI is InChI=1S/C11H20N2O3/c1-2-4-9(11(15)16)13-10(14)7-5-3-6-8(7)12/h7-9H,2-6,12H2,1H3,(H,13,14)(H,15,16)/t7?,8?,9-/m0/s1. The molecule has 2 unspecified atom stereocenters. The number of hydrogen-bond donors (Lipinski definition) is 3. The number of carboxylic acids is 1. The van der Waals surface area contributed by atoms with Crippen LogP contribution in [0.2, 0.25) is 0 Å². The van der Waals surface area contributed by atoms with Gasteiger partial charge in [-0.25, -0.2) is 4.79 Å². The highest BCUT2D eigenvalue weighted by Crippen LogP contribution is 2.24. The number of carbonyl (C=O) groups excluding carboxylic acids is 1. The van der Waals surface area contributed by atoms with E-state index < -0.39 is 12.0 Å². The maximum atomic E-state index is 11.8. The van der Waals surface area contributed by atoms with Crippen LogP contribution in [0.15, 0.2) is 0 Å². The fourth-order valence-corrected chi connectivity index (χ4v) is 2.14. The molecule has 0 heterocycles. The fourth-order valence-electron chi connectivity index (χ4n) is 2.14. The molecule has 1 rings (SSSR count). The molecule has 0 aromatic heterocycles. The normalized spacial score (nSPS) is 26.4. The summed E-state index contributed by atoms with van der Waals surface area (Å²) in [6, 6.07) is -0.888. The number of hydrogen-bond acceptors (Lipinski definition) is 3. The quantitative estimate of drug-likeness (QED) is 0.638. The maximum Gasteiger partial charge on any atom is 0.326 e. The Morgan fingerprint density at radius 1 is 1.50 bits per heavy atom. The highest BCUT2D eigenvalue weighted by atomic mass is 16.4. The zero-order valence-electron chi connectivity index (χ0n) is 9.61. The second-order valence-corrected chi connectivity index (χ2v) is 4.39. The van der Waals surface area contributed by atoms with Gasteiger partial charge in [-0.15, -0.1) is 0 Å². The first-order valence-electron chi connectivity index (χ1n) is 5.85. The van der Waals surface area contributed by atoms with Gasteiger partial charge in [-0.05, 0) is 19.3 Å². The first-order valence-corrected chi connectivity index (χ1v) is 5.85. The Kier molecular flexibility index (Phi) is 4.73. The van der Waals surface area contributed by atoms with Crippen LogP contribution in [-0.4, -0.2) is 29.1 Å². The second-order valence-electron chi connectivity index (χ2n) is 4.39. The molecule has 0 aliphatic heterocycles. The van der Waals surface area contributed by atoms with E-state index in [4.69, 9.17) is 10.8 Å². The van der Waals surface area contributed by atoms with Gasteiger partial charge in [0.25, 0.3) is 0 Å². The van der Waals surface area contributed by atoms with Gasteiger partial charge in [-0.1, -0.05) is 19.8 Å². The molecule has 1 aliphatic rings. The van der Waals surface area contributed by atoms with Crippen molar-refractivity contribution in [2.24, 2.45) is 11.7 Å². The van der Waals surface area contributed by atoms with Crippen molar-refractivity contribution in [2.75, 3.05) is 0 Å². The monoisotopic (exact) mass is 228 g/mol. The van der Waals surface area contributed by atoms with E-state index >= 15 is 0 Å². The Labute approximate surface area is 95.4 Å². The van der Waals surface area contributed by atoms with Crippen molar-refractivity contribution in [3.05, 3.63) is 0 Å². The van der Waals surface area contributed by atoms with E-state index in [1.54, 1.807) is 0 Å². The van der Waals surface area contributed by atoms with Gasteiger partial charge in [-0.2, -0.15) is 0 Å². The third kappa shape index (κ3) is 3.20. The Morgan fingerprint density at radius 3 is 2.62 bits per heavy atom. The zero-order valence-corrected chi connectivity index (χ0v) is 9.61. The van der Waals surface area contributed by atoms with Crippen LogP contribution < -0.4 is 11.1 Å². The lowest BCUT2D eigenvalue weighted by Crippen LogP contribution is -2.46. The van der Waals surface area contributed by atoms with E-state index in [1.807, 2.05) is 6.92 Å². The number of carboxylic acid groups (broad SMARTS) is 1. The van der Waals surface area contributed by atoms with Crippen molar-refractivity contribution >= 4 is 11.9 Å². The first kappa shape index (κ1) is 13.0. The lowest BCUT2D eigenvalue weighted by molar-refractivity contribution is -0.142. The molecule has 4 N–H and O–H groups in total. The summed E-state index contributed by atoms with van der Waals surface area (Å²) < 4.78 is 0. The van der Waals surface area contributed by atoms with Gasteiger partial charge in [0.05, 0.1) is 5.92 Å². The number of nitrogens with two attached hydrogens (primary N) is 1. The average Bonchev–Trinajstić information content (AvgIpc) is 2.63. The summed E-state index contributed by atoms with van der Waals surface area (Å²) in [5.74, 6) is -1.38. The molecule has 0 aromatic rings. The summed E-state index contributed by atoms with van der Waals surface area (Å²) in [7, 11) is 0. The van der Waals surface area contributed by atoms with E-state index in [-0.39, 0.29) is 17.9 Å². The zero-order chi connectivity index (χ0) is 12.1. The SMILES string of the molecule is CCC[C@H](NC(=O)C1CCCC1N)C(=O)O. The van der Waals surface area contributed by atoms with Crippen molar-refractivity contribution in [3.8, 4) is 0 Å². The third-order valence-corrected chi connectivity index (χ3v) is 3.10. The Balaban J connectivity index is 2.50. The smallest absolute Gasteiger partial charge is 0.326 e. The molecule has 1 amide bonds. The lowest BCUT2D eigenvalue weighted by Gasteiger charge is -2.19. The van der Waals surface area contributed by atoms with Crippen LogP contribution in [0.1, 0.15) is 39.0 Å². The van der Waals surface area contributed by atoms with E-state index in [1.165, 1.54) is 0 Å². The van der Waals surface area contributed by atoms with Crippen molar-refractivity contribution in [1.82, 2.24) is 5.32 Å². The second kappa shape index (κ2) is 5.84. The fraction of sp³-hybridized carbons (Fsp3) is 0.818. The number of nitrogens with one attached hydrogen (secondary N) is 1. The highest BCUT2D eigenvalue weighted by Gasteiger charge is 2.32. The minimum absolute atomic E-state index is 0.115. The van der Waals surface area contributed by atoms with E-state index in [2.05, 4.69) is 5.32 Å². The molecule has 0 spiro atoms. The van der Waals surface area contributed by atoms with Crippen molar-refractivity contribution in [3.63, 3.8) is 0 Å². The van der Waals surface area contributed by atoms with Gasteiger partial charge in [-0.3, -0.25) is 4.79 Å². The largest absolute Gasteiger partial charge is 0.480 e. The maximum absolute atomic E-state index is 11.8. The topological polar surface area (TPSA) is 92.4 Å². The molecule has 5 heteroatoms. The van der Waals surface area contributed by atoms with Gasteiger partial charge in [0.15, 0.2) is 0 Å². The summed E-state index contributed by atoms with van der Waals surface area (Å²) in [5, 5.41) is 11.5. The van der Waals surface area contributed by atoms with Crippen LogP contribution in [0.4, 0.5) is 0 Å². The number of rotatable bonds is 5. The molecule has 3 atom stereocenters. The number of carbonyl (C=O) groups is 2. The molecule has 1 aliphatic carbocycles. The third-order valence-electron chi connectivity index (χ3n) is 3.10. The number of aliphatic carboxylic acids is 1. The van der Waals surface area contributed by atoms with Crippen molar-refractivity contribution in [1.29, 1.82) is 0 Å². The van der Waals surface area contributed by atoms with Gasteiger partial charge < -0.3 is 16.2 Å². The minimum Gasteiger partial charge on any atom is -0.480 e. The summed E-state index contributed by atoms with van der Waals surface area (Å²) in [6.45, 7) is 1.89.